The lowest BCUT2D eigenvalue weighted by atomic mass is 10.4. The highest BCUT2D eigenvalue weighted by Crippen LogP contribution is 2.38. The number of ether oxygens (including phenoxy) is 1. The zero-order valence-electron chi connectivity index (χ0n) is 10.4. The summed E-state index contributed by atoms with van der Waals surface area (Å²) in [6.07, 6.45) is 5.07. The van der Waals surface area contributed by atoms with Crippen molar-refractivity contribution in [3.05, 3.63) is 29.7 Å². The second kappa shape index (κ2) is 6.71. The molecule has 4 nitrogen and oxygen atoms in total. The van der Waals surface area contributed by atoms with Gasteiger partial charge in [0.25, 0.3) is 0 Å². The standard InChI is InChI=1S/C13H18ClN3O/c1-2-3-7-18-8-6-15-12-9-11(14)16-13(17-12)10-4-5-10/h2,9-10H,1,3-8H2,(H,15,16,17). The smallest absolute Gasteiger partial charge is 0.135 e. The minimum absolute atomic E-state index is 0.502. The minimum atomic E-state index is 0.502. The molecule has 1 aliphatic carbocycles. The van der Waals surface area contributed by atoms with Crippen LogP contribution in [0.15, 0.2) is 18.7 Å². The van der Waals surface area contributed by atoms with E-state index in [1.165, 1.54) is 12.8 Å². The van der Waals surface area contributed by atoms with Crippen molar-refractivity contribution in [2.24, 2.45) is 0 Å². The molecule has 1 aliphatic rings. The highest BCUT2D eigenvalue weighted by Gasteiger charge is 2.27. The summed E-state index contributed by atoms with van der Waals surface area (Å²) in [4.78, 5) is 8.69. The first-order chi connectivity index (χ1) is 8.79. The van der Waals surface area contributed by atoms with E-state index in [4.69, 9.17) is 16.3 Å². The molecule has 2 rings (SSSR count). The number of rotatable bonds is 8. The summed E-state index contributed by atoms with van der Waals surface area (Å²) >= 11 is 5.97. The number of nitrogens with zero attached hydrogens (tertiary/aromatic N) is 2. The van der Waals surface area contributed by atoms with E-state index in [0.29, 0.717) is 30.8 Å². The Bertz CT molecular complexity index is 407. The van der Waals surface area contributed by atoms with Crippen LogP contribution in [-0.2, 0) is 4.74 Å². The number of halogens is 1. The highest BCUT2D eigenvalue weighted by molar-refractivity contribution is 6.29. The fourth-order valence-corrected chi connectivity index (χ4v) is 1.76. The Morgan fingerprint density at radius 3 is 3.00 bits per heavy atom. The lowest BCUT2D eigenvalue weighted by Gasteiger charge is -2.07. The lowest BCUT2D eigenvalue weighted by molar-refractivity contribution is 0.149. The summed E-state index contributed by atoms with van der Waals surface area (Å²) in [6.45, 7) is 5.72. The SMILES string of the molecule is C=CCCOCCNc1cc(Cl)nc(C2CC2)n1. The van der Waals surface area contributed by atoms with Gasteiger partial charge in [-0.05, 0) is 19.3 Å². The first kappa shape index (κ1) is 13.3. The van der Waals surface area contributed by atoms with Gasteiger partial charge in [-0.15, -0.1) is 6.58 Å². The number of nitrogens with one attached hydrogen (secondary N) is 1. The molecule has 1 aromatic heterocycles. The van der Waals surface area contributed by atoms with Gasteiger partial charge < -0.3 is 10.1 Å². The van der Waals surface area contributed by atoms with Crippen LogP contribution in [-0.4, -0.2) is 29.7 Å². The molecular formula is C13H18ClN3O. The van der Waals surface area contributed by atoms with E-state index < -0.39 is 0 Å². The fraction of sp³-hybridized carbons (Fsp3) is 0.538. The van der Waals surface area contributed by atoms with Gasteiger partial charge in [-0.25, -0.2) is 9.97 Å². The van der Waals surface area contributed by atoms with Crippen LogP contribution in [0.5, 0.6) is 0 Å². The number of anilines is 1. The molecule has 0 aliphatic heterocycles. The average molecular weight is 268 g/mol. The van der Waals surface area contributed by atoms with Crippen LogP contribution in [0, 0.1) is 0 Å². The third-order valence-electron chi connectivity index (χ3n) is 2.67. The first-order valence-electron chi connectivity index (χ1n) is 6.26. The monoisotopic (exact) mass is 267 g/mol. The third-order valence-corrected chi connectivity index (χ3v) is 2.87. The van der Waals surface area contributed by atoms with Crippen molar-refractivity contribution in [2.75, 3.05) is 25.1 Å². The van der Waals surface area contributed by atoms with Crippen molar-refractivity contribution in [2.45, 2.75) is 25.2 Å². The van der Waals surface area contributed by atoms with Gasteiger partial charge in [-0.2, -0.15) is 0 Å². The number of hydrogen-bond acceptors (Lipinski definition) is 4. The maximum Gasteiger partial charge on any atom is 0.135 e. The van der Waals surface area contributed by atoms with Crippen LogP contribution >= 0.6 is 11.6 Å². The van der Waals surface area contributed by atoms with Gasteiger partial charge in [-0.3, -0.25) is 0 Å². The summed E-state index contributed by atoms with van der Waals surface area (Å²) in [5, 5.41) is 3.70. The second-order valence-corrected chi connectivity index (χ2v) is 4.71. The third kappa shape index (κ3) is 4.27. The molecule has 1 saturated carbocycles. The first-order valence-corrected chi connectivity index (χ1v) is 6.64. The van der Waals surface area contributed by atoms with Gasteiger partial charge in [0.05, 0.1) is 13.2 Å². The van der Waals surface area contributed by atoms with E-state index in [-0.39, 0.29) is 0 Å². The maximum absolute atomic E-state index is 5.97. The Balaban J connectivity index is 1.76. The van der Waals surface area contributed by atoms with Crippen LogP contribution in [0.1, 0.15) is 31.0 Å². The quantitative estimate of drug-likeness (QED) is 0.447. The zero-order valence-corrected chi connectivity index (χ0v) is 11.1. The molecule has 0 atom stereocenters. The van der Waals surface area contributed by atoms with Gasteiger partial charge in [0.1, 0.15) is 16.8 Å². The van der Waals surface area contributed by atoms with Crippen LogP contribution in [0.4, 0.5) is 5.82 Å². The molecular weight excluding hydrogens is 250 g/mol. The van der Waals surface area contributed by atoms with E-state index in [0.717, 1.165) is 18.1 Å². The Hall–Kier alpha value is -1.13. The van der Waals surface area contributed by atoms with Crippen LogP contribution in [0.3, 0.4) is 0 Å². The van der Waals surface area contributed by atoms with Gasteiger partial charge >= 0.3 is 0 Å². The van der Waals surface area contributed by atoms with Gasteiger partial charge in [0.2, 0.25) is 0 Å². The van der Waals surface area contributed by atoms with Crippen molar-refractivity contribution in [1.29, 1.82) is 0 Å². The van der Waals surface area contributed by atoms with Crippen LogP contribution in [0.2, 0.25) is 5.15 Å². The summed E-state index contributed by atoms with van der Waals surface area (Å²) in [5.74, 6) is 2.15. The normalized spacial score (nSPS) is 14.5. The molecule has 0 bridgehead atoms. The molecule has 0 radical (unpaired) electrons. The van der Waals surface area contributed by atoms with E-state index in [1.807, 2.05) is 6.08 Å². The molecule has 5 heteroatoms. The highest BCUT2D eigenvalue weighted by atomic mass is 35.5. The Kier molecular flexibility index (Phi) is 4.96. The molecule has 1 heterocycles. The predicted molar refractivity (Wildman–Crippen MR) is 73.1 cm³/mol. The largest absolute Gasteiger partial charge is 0.379 e. The molecule has 1 N–H and O–H groups in total. The molecule has 98 valence electrons. The van der Waals surface area contributed by atoms with Gasteiger partial charge in [0.15, 0.2) is 0 Å². The van der Waals surface area contributed by atoms with Gasteiger partial charge in [0, 0.05) is 18.5 Å². The molecule has 1 fully saturated rings. The summed E-state index contributed by atoms with van der Waals surface area (Å²) in [5.41, 5.74) is 0. The second-order valence-electron chi connectivity index (χ2n) is 4.32. The molecule has 0 aromatic carbocycles. The Morgan fingerprint density at radius 2 is 2.28 bits per heavy atom. The molecule has 0 saturated heterocycles. The van der Waals surface area contributed by atoms with Crippen molar-refractivity contribution in [3.63, 3.8) is 0 Å². The minimum Gasteiger partial charge on any atom is -0.379 e. The Morgan fingerprint density at radius 1 is 1.44 bits per heavy atom. The Labute approximate surface area is 112 Å². The zero-order chi connectivity index (χ0) is 12.8. The van der Waals surface area contributed by atoms with Gasteiger partial charge in [-0.1, -0.05) is 17.7 Å². The van der Waals surface area contributed by atoms with E-state index in [9.17, 15) is 0 Å². The fourth-order valence-electron chi connectivity index (χ4n) is 1.57. The summed E-state index contributed by atoms with van der Waals surface area (Å²) in [6, 6.07) is 1.75. The summed E-state index contributed by atoms with van der Waals surface area (Å²) < 4.78 is 5.41. The van der Waals surface area contributed by atoms with E-state index in [2.05, 4.69) is 21.9 Å². The number of aromatic nitrogens is 2. The number of hydrogen-bond donors (Lipinski definition) is 1. The topological polar surface area (TPSA) is 47.0 Å². The maximum atomic E-state index is 5.97. The van der Waals surface area contributed by atoms with Crippen molar-refractivity contribution < 1.29 is 4.74 Å². The van der Waals surface area contributed by atoms with E-state index in [1.54, 1.807) is 6.07 Å². The molecule has 1 aromatic rings. The molecule has 0 spiro atoms. The average Bonchev–Trinajstić information content (AvgIpc) is 3.17. The van der Waals surface area contributed by atoms with Crippen LogP contribution < -0.4 is 5.32 Å². The van der Waals surface area contributed by atoms with Crippen molar-refractivity contribution in [1.82, 2.24) is 9.97 Å². The van der Waals surface area contributed by atoms with E-state index >= 15 is 0 Å². The van der Waals surface area contributed by atoms with Crippen molar-refractivity contribution in [3.8, 4) is 0 Å². The predicted octanol–water partition coefficient (Wildman–Crippen LogP) is 3.01. The van der Waals surface area contributed by atoms with Crippen LogP contribution in [0.25, 0.3) is 0 Å². The summed E-state index contributed by atoms with van der Waals surface area (Å²) in [7, 11) is 0. The molecule has 0 amide bonds. The van der Waals surface area contributed by atoms with Crippen molar-refractivity contribution >= 4 is 17.4 Å². The molecule has 18 heavy (non-hydrogen) atoms. The lowest BCUT2D eigenvalue weighted by Crippen LogP contribution is -2.11. The molecule has 0 unspecified atom stereocenters.